The van der Waals surface area contributed by atoms with Crippen LogP contribution in [0.15, 0.2) is 48.5 Å². The van der Waals surface area contributed by atoms with Crippen LogP contribution in [-0.2, 0) is 11.2 Å². The molecule has 5 N–H and O–H groups in total. The zero-order valence-electron chi connectivity index (χ0n) is 20.5. The van der Waals surface area contributed by atoms with Crippen LogP contribution < -0.4 is 21.7 Å². The lowest BCUT2D eigenvalue weighted by Crippen LogP contribution is -2.44. The first kappa shape index (κ1) is 27.2. The highest BCUT2D eigenvalue weighted by molar-refractivity contribution is 7.09. The Morgan fingerprint density at radius 2 is 1.72 bits per heavy atom. The number of hydrogen-bond donors (Lipinski definition) is 3. The number of carbonyl (C=O) groups is 3. The SMILES string of the molecule is CCc1ccc(N(C(=O)c2snc(C(N)=O)c2N)C(C(=O)NCCC(C)C)c2ccc(Cl)cc2)cc1. The smallest absolute Gasteiger partial charge is 0.273 e. The molecule has 3 amide bonds. The van der Waals surface area contributed by atoms with E-state index in [4.69, 9.17) is 23.1 Å². The summed E-state index contributed by atoms with van der Waals surface area (Å²) in [5.74, 6) is -1.37. The van der Waals surface area contributed by atoms with Crippen molar-refractivity contribution >= 4 is 52.2 Å². The minimum absolute atomic E-state index is 0.0253. The second kappa shape index (κ2) is 12.0. The van der Waals surface area contributed by atoms with Gasteiger partial charge in [-0.25, -0.2) is 0 Å². The predicted molar refractivity (Wildman–Crippen MR) is 144 cm³/mol. The van der Waals surface area contributed by atoms with Crippen LogP contribution in [-0.4, -0.2) is 28.6 Å². The van der Waals surface area contributed by atoms with Gasteiger partial charge >= 0.3 is 0 Å². The summed E-state index contributed by atoms with van der Waals surface area (Å²) in [6.45, 7) is 6.61. The Bertz CT molecular complexity index is 1230. The quantitative estimate of drug-likeness (QED) is 0.355. The molecule has 3 aromatic rings. The number of halogens is 1. The number of amides is 3. The second-order valence-corrected chi connectivity index (χ2v) is 9.97. The van der Waals surface area contributed by atoms with E-state index >= 15 is 0 Å². The molecule has 0 spiro atoms. The van der Waals surface area contributed by atoms with Gasteiger partial charge in [0.1, 0.15) is 10.9 Å². The number of anilines is 2. The molecular formula is C26H30ClN5O3S. The van der Waals surface area contributed by atoms with Crippen molar-refractivity contribution in [3.8, 4) is 0 Å². The highest BCUT2D eigenvalue weighted by Crippen LogP contribution is 2.33. The van der Waals surface area contributed by atoms with Gasteiger partial charge in [-0.15, -0.1) is 0 Å². The highest BCUT2D eigenvalue weighted by Gasteiger charge is 2.36. The van der Waals surface area contributed by atoms with Crippen LogP contribution in [0.3, 0.4) is 0 Å². The molecule has 36 heavy (non-hydrogen) atoms. The molecule has 3 rings (SSSR count). The largest absolute Gasteiger partial charge is 0.395 e. The summed E-state index contributed by atoms with van der Waals surface area (Å²) >= 11 is 6.88. The summed E-state index contributed by atoms with van der Waals surface area (Å²) in [6, 6.07) is 13.1. The van der Waals surface area contributed by atoms with E-state index in [1.165, 1.54) is 4.90 Å². The molecule has 0 aliphatic heterocycles. The van der Waals surface area contributed by atoms with Gasteiger partial charge in [0.2, 0.25) is 5.91 Å². The van der Waals surface area contributed by atoms with Gasteiger partial charge in [-0.1, -0.05) is 56.6 Å². The number of nitrogens with two attached hydrogens (primary N) is 2. The van der Waals surface area contributed by atoms with Crippen LogP contribution in [0.1, 0.15) is 64.5 Å². The van der Waals surface area contributed by atoms with Gasteiger partial charge in [-0.3, -0.25) is 19.3 Å². The maximum absolute atomic E-state index is 14.0. The first-order chi connectivity index (χ1) is 17.1. The minimum Gasteiger partial charge on any atom is -0.395 e. The predicted octanol–water partition coefficient (Wildman–Crippen LogP) is 4.59. The van der Waals surface area contributed by atoms with Crippen molar-refractivity contribution in [2.45, 2.75) is 39.7 Å². The van der Waals surface area contributed by atoms with E-state index < -0.39 is 17.9 Å². The Kier molecular flexibility index (Phi) is 9.06. The Morgan fingerprint density at radius 1 is 1.08 bits per heavy atom. The van der Waals surface area contributed by atoms with E-state index in [9.17, 15) is 14.4 Å². The van der Waals surface area contributed by atoms with Gasteiger partial charge < -0.3 is 16.8 Å². The van der Waals surface area contributed by atoms with Crippen molar-refractivity contribution in [1.82, 2.24) is 9.69 Å². The number of rotatable bonds is 10. The number of aryl methyl sites for hydroxylation is 1. The average molecular weight is 528 g/mol. The lowest BCUT2D eigenvalue weighted by atomic mass is 10.0. The van der Waals surface area contributed by atoms with Crippen LogP contribution in [0.2, 0.25) is 5.02 Å². The molecule has 190 valence electrons. The van der Waals surface area contributed by atoms with Crippen LogP contribution in [0.25, 0.3) is 0 Å². The Hall–Kier alpha value is -3.43. The van der Waals surface area contributed by atoms with Crippen LogP contribution >= 0.6 is 23.1 Å². The first-order valence-corrected chi connectivity index (χ1v) is 12.8. The number of hydrogen-bond acceptors (Lipinski definition) is 6. The van der Waals surface area contributed by atoms with E-state index in [1.807, 2.05) is 19.1 Å². The van der Waals surface area contributed by atoms with Crippen molar-refractivity contribution < 1.29 is 14.4 Å². The molecule has 0 aliphatic carbocycles. The molecule has 0 radical (unpaired) electrons. The maximum atomic E-state index is 14.0. The number of benzene rings is 2. The summed E-state index contributed by atoms with van der Waals surface area (Å²) in [6.07, 6.45) is 1.59. The van der Waals surface area contributed by atoms with Gasteiger partial charge in [-0.2, -0.15) is 4.37 Å². The van der Waals surface area contributed by atoms with Crippen LogP contribution in [0, 0.1) is 5.92 Å². The van der Waals surface area contributed by atoms with Gasteiger partial charge in [0.15, 0.2) is 5.69 Å². The lowest BCUT2D eigenvalue weighted by Gasteiger charge is -2.31. The van der Waals surface area contributed by atoms with E-state index in [0.29, 0.717) is 28.7 Å². The van der Waals surface area contributed by atoms with Crippen LogP contribution in [0.4, 0.5) is 11.4 Å². The monoisotopic (exact) mass is 527 g/mol. The summed E-state index contributed by atoms with van der Waals surface area (Å²) in [5.41, 5.74) is 13.3. The number of nitrogen functional groups attached to an aromatic ring is 1. The molecule has 10 heteroatoms. The molecule has 2 aromatic carbocycles. The van der Waals surface area contributed by atoms with E-state index in [2.05, 4.69) is 23.5 Å². The van der Waals surface area contributed by atoms with E-state index in [0.717, 1.165) is 29.9 Å². The number of nitrogens with zero attached hydrogens (tertiary/aromatic N) is 2. The average Bonchev–Trinajstić information content (AvgIpc) is 3.24. The fourth-order valence-electron chi connectivity index (χ4n) is 3.66. The maximum Gasteiger partial charge on any atom is 0.273 e. The van der Waals surface area contributed by atoms with Gasteiger partial charge in [0.25, 0.3) is 11.8 Å². The van der Waals surface area contributed by atoms with Gasteiger partial charge in [0, 0.05) is 17.3 Å². The lowest BCUT2D eigenvalue weighted by molar-refractivity contribution is -0.122. The molecule has 1 aromatic heterocycles. The number of carbonyl (C=O) groups excluding carboxylic acids is 3. The number of primary amides is 1. The highest BCUT2D eigenvalue weighted by atomic mass is 35.5. The topological polar surface area (TPSA) is 131 Å². The van der Waals surface area contributed by atoms with Crippen molar-refractivity contribution in [1.29, 1.82) is 0 Å². The molecule has 0 saturated carbocycles. The summed E-state index contributed by atoms with van der Waals surface area (Å²) in [5, 5.41) is 3.46. The van der Waals surface area contributed by atoms with E-state index in [-0.39, 0.29) is 22.2 Å². The summed E-state index contributed by atoms with van der Waals surface area (Å²) in [7, 11) is 0. The molecular weight excluding hydrogens is 498 g/mol. The number of nitrogens with one attached hydrogen (secondary N) is 1. The normalized spacial score (nSPS) is 11.8. The van der Waals surface area contributed by atoms with Gasteiger partial charge in [-0.05, 0) is 65.7 Å². The first-order valence-electron chi connectivity index (χ1n) is 11.6. The van der Waals surface area contributed by atoms with Gasteiger partial charge in [0.05, 0.1) is 5.69 Å². The molecule has 1 unspecified atom stereocenters. The molecule has 0 fully saturated rings. The van der Waals surface area contributed by atoms with Crippen molar-refractivity contribution in [3.05, 3.63) is 75.3 Å². The second-order valence-electron chi connectivity index (χ2n) is 8.76. The van der Waals surface area contributed by atoms with Crippen molar-refractivity contribution in [2.75, 3.05) is 17.2 Å². The third kappa shape index (κ3) is 6.22. The zero-order valence-corrected chi connectivity index (χ0v) is 22.0. The third-order valence-corrected chi connectivity index (χ3v) is 6.81. The Balaban J connectivity index is 2.15. The molecule has 1 heterocycles. The van der Waals surface area contributed by atoms with E-state index in [1.54, 1.807) is 36.4 Å². The molecule has 8 nitrogen and oxygen atoms in total. The summed E-state index contributed by atoms with van der Waals surface area (Å²) in [4.78, 5) is 40.7. The molecule has 0 aliphatic rings. The molecule has 0 saturated heterocycles. The Labute approximate surface area is 219 Å². The number of aromatic nitrogens is 1. The van der Waals surface area contributed by atoms with Crippen molar-refractivity contribution in [2.24, 2.45) is 11.7 Å². The third-order valence-electron chi connectivity index (χ3n) is 5.71. The standard InChI is InChI=1S/C26H30ClN5O3S/c1-4-16-5-11-19(12-6-16)32(26(35)23-20(28)21(24(29)33)31-36-23)22(17-7-9-18(27)10-8-17)25(34)30-14-13-15(2)3/h5-12,15,22H,4,13-14,28H2,1-3H3,(H2,29,33)(H,30,34). The Morgan fingerprint density at radius 3 is 2.25 bits per heavy atom. The van der Waals surface area contributed by atoms with Crippen LogP contribution in [0.5, 0.6) is 0 Å². The fraction of sp³-hybridized carbons (Fsp3) is 0.308. The minimum atomic E-state index is -1.03. The fourth-order valence-corrected chi connectivity index (χ4v) is 4.53. The molecule has 0 bridgehead atoms. The van der Waals surface area contributed by atoms with Crippen molar-refractivity contribution in [3.63, 3.8) is 0 Å². The zero-order chi connectivity index (χ0) is 26.4. The molecule has 1 atom stereocenters. The summed E-state index contributed by atoms with van der Waals surface area (Å²) < 4.78 is 3.97.